The average Bonchev–Trinajstić information content (AvgIpc) is 2.79. The summed E-state index contributed by atoms with van der Waals surface area (Å²) in [5, 5.41) is 15.5. The molecule has 1 heterocycles. The number of hydrogen-bond donors (Lipinski definition) is 1. The zero-order chi connectivity index (χ0) is 21.8. The molecule has 7 nitrogen and oxygen atoms in total. The SMILES string of the molecule is Cc1ccc2nc(-c3ccccc3)cc(C(=O)NN=Cc3ccc([N+](=O)[O-])cc3)c2c1. The summed E-state index contributed by atoms with van der Waals surface area (Å²) < 4.78 is 0. The summed E-state index contributed by atoms with van der Waals surface area (Å²) in [5.74, 6) is -0.367. The fourth-order valence-corrected chi connectivity index (χ4v) is 3.19. The van der Waals surface area contributed by atoms with Crippen molar-refractivity contribution in [2.24, 2.45) is 5.10 Å². The van der Waals surface area contributed by atoms with Crippen molar-refractivity contribution < 1.29 is 9.72 Å². The molecule has 0 spiro atoms. The Bertz CT molecular complexity index is 1300. The molecule has 0 saturated heterocycles. The van der Waals surface area contributed by atoms with E-state index in [-0.39, 0.29) is 11.6 Å². The Labute approximate surface area is 178 Å². The standard InChI is InChI=1S/C24H18N4O3/c1-16-7-12-22-20(13-16)21(14-23(26-22)18-5-3-2-4-6-18)24(29)27-25-15-17-8-10-19(11-9-17)28(30)31/h2-15H,1H3,(H,27,29). The van der Waals surface area contributed by atoms with Crippen molar-refractivity contribution in [3.63, 3.8) is 0 Å². The lowest BCUT2D eigenvalue weighted by molar-refractivity contribution is -0.384. The third-order valence-corrected chi connectivity index (χ3v) is 4.76. The number of hydrogen-bond acceptors (Lipinski definition) is 5. The minimum atomic E-state index is -0.469. The molecule has 1 N–H and O–H groups in total. The molecule has 7 heteroatoms. The van der Waals surface area contributed by atoms with Crippen molar-refractivity contribution in [1.29, 1.82) is 0 Å². The van der Waals surface area contributed by atoms with Crippen molar-refractivity contribution >= 4 is 28.7 Å². The van der Waals surface area contributed by atoms with Crippen LogP contribution in [0.1, 0.15) is 21.5 Å². The van der Waals surface area contributed by atoms with Gasteiger partial charge in [0, 0.05) is 23.1 Å². The van der Waals surface area contributed by atoms with Crippen molar-refractivity contribution in [2.75, 3.05) is 0 Å². The van der Waals surface area contributed by atoms with E-state index in [4.69, 9.17) is 4.98 Å². The van der Waals surface area contributed by atoms with Gasteiger partial charge in [0.05, 0.1) is 27.9 Å². The van der Waals surface area contributed by atoms with Crippen LogP contribution in [0.4, 0.5) is 5.69 Å². The summed E-state index contributed by atoms with van der Waals surface area (Å²) in [5.41, 5.74) is 6.98. The van der Waals surface area contributed by atoms with Crippen molar-refractivity contribution in [3.05, 3.63) is 106 Å². The molecular weight excluding hydrogens is 392 g/mol. The number of carbonyl (C=O) groups is 1. The quantitative estimate of drug-likeness (QED) is 0.288. The third kappa shape index (κ3) is 4.45. The number of aromatic nitrogens is 1. The molecule has 0 aliphatic carbocycles. The van der Waals surface area contributed by atoms with Crippen molar-refractivity contribution in [1.82, 2.24) is 10.4 Å². The molecule has 3 aromatic carbocycles. The van der Waals surface area contributed by atoms with Gasteiger partial charge in [-0.25, -0.2) is 10.4 Å². The molecule has 0 unspecified atom stereocenters. The van der Waals surface area contributed by atoms with Crippen LogP contribution in [0.2, 0.25) is 0 Å². The first-order valence-electron chi connectivity index (χ1n) is 9.56. The Kier molecular flexibility index (Phi) is 5.49. The minimum Gasteiger partial charge on any atom is -0.267 e. The Morgan fingerprint density at radius 3 is 2.48 bits per heavy atom. The number of rotatable bonds is 5. The Morgan fingerprint density at radius 2 is 1.77 bits per heavy atom. The molecule has 31 heavy (non-hydrogen) atoms. The molecule has 1 aromatic heterocycles. The first kappa shape index (κ1) is 19.9. The van der Waals surface area contributed by atoms with Crippen LogP contribution in [0.25, 0.3) is 22.2 Å². The smallest absolute Gasteiger partial charge is 0.267 e. The molecule has 0 fully saturated rings. The molecule has 0 atom stereocenters. The Hall–Kier alpha value is -4.39. The maximum absolute atomic E-state index is 12.9. The van der Waals surface area contributed by atoms with Crippen LogP contribution >= 0.6 is 0 Å². The molecule has 4 rings (SSSR count). The van der Waals surface area contributed by atoms with E-state index in [0.717, 1.165) is 22.0 Å². The average molecular weight is 410 g/mol. The zero-order valence-electron chi connectivity index (χ0n) is 16.6. The molecule has 4 aromatic rings. The van der Waals surface area contributed by atoms with Crippen LogP contribution in [-0.2, 0) is 0 Å². The number of aryl methyl sites for hydroxylation is 1. The molecule has 0 radical (unpaired) electrons. The molecule has 0 aliphatic heterocycles. The van der Waals surface area contributed by atoms with E-state index in [9.17, 15) is 14.9 Å². The predicted octanol–water partition coefficient (Wildman–Crippen LogP) is 4.88. The Morgan fingerprint density at radius 1 is 1.03 bits per heavy atom. The van der Waals surface area contributed by atoms with E-state index in [2.05, 4.69) is 10.5 Å². The van der Waals surface area contributed by atoms with E-state index in [1.165, 1.54) is 18.3 Å². The van der Waals surface area contributed by atoms with E-state index in [1.54, 1.807) is 18.2 Å². The highest BCUT2D eigenvalue weighted by molar-refractivity contribution is 6.07. The van der Waals surface area contributed by atoms with Gasteiger partial charge in [-0.15, -0.1) is 0 Å². The predicted molar refractivity (Wildman–Crippen MR) is 120 cm³/mol. The van der Waals surface area contributed by atoms with E-state index >= 15 is 0 Å². The van der Waals surface area contributed by atoms with Gasteiger partial charge in [0.2, 0.25) is 0 Å². The lowest BCUT2D eigenvalue weighted by Gasteiger charge is -2.10. The molecule has 1 amide bonds. The van der Waals surface area contributed by atoms with Crippen LogP contribution in [0, 0.1) is 17.0 Å². The number of pyridine rings is 1. The van der Waals surface area contributed by atoms with Gasteiger partial charge in [0.15, 0.2) is 0 Å². The number of nitrogens with one attached hydrogen (secondary N) is 1. The molecule has 152 valence electrons. The number of carbonyl (C=O) groups excluding carboxylic acids is 1. The van der Waals surface area contributed by atoms with Gasteiger partial charge in [0.25, 0.3) is 11.6 Å². The van der Waals surface area contributed by atoms with Gasteiger partial charge < -0.3 is 0 Å². The van der Waals surface area contributed by atoms with E-state index < -0.39 is 4.92 Å². The summed E-state index contributed by atoms with van der Waals surface area (Å²) in [4.78, 5) is 27.9. The summed E-state index contributed by atoms with van der Waals surface area (Å²) in [6.07, 6.45) is 1.44. The number of nitro groups is 1. The van der Waals surface area contributed by atoms with Crippen LogP contribution in [0.5, 0.6) is 0 Å². The summed E-state index contributed by atoms with van der Waals surface area (Å²) in [7, 11) is 0. The van der Waals surface area contributed by atoms with Gasteiger partial charge >= 0.3 is 0 Å². The number of benzene rings is 3. The van der Waals surface area contributed by atoms with Crippen molar-refractivity contribution in [2.45, 2.75) is 6.92 Å². The largest absolute Gasteiger partial charge is 0.272 e. The first-order chi connectivity index (χ1) is 15.0. The highest BCUT2D eigenvalue weighted by Gasteiger charge is 2.14. The highest BCUT2D eigenvalue weighted by Crippen LogP contribution is 2.25. The number of hydrazone groups is 1. The number of fused-ring (bicyclic) bond motifs is 1. The van der Waals surface area contributed by atoms with Gasteiger partial charge in [-0.1, -0.05) is 42.0 Å². The maximum Gasteiger partial charge on any atom is 0.272 e. The monoisotopic (exact) mass is 410 g/mol. The summed E-state index contributed by atoms with van der Waals surface area (Å²) in [6.45, 7) is 1.96. The topological polar surface area (TPSA) is 97.5 Å². The van der Waals surface area contributed by atoms with Gasteiger partial charge in [-0.05, 0) is 42.8 Å². The second-order valence-corrected chi connectivity index (χ2v) is 6.99. The number of nitrogens with zero attached hydrogens (tertiary/aromatic N) is 3. The molecule has 0 aliphatic rings. The normalized spacial score (nSPS) is 11.0. The lowest BCUT2D eigenvalue weighted by atomic mass is 10.0. The fraction of sp³-hybridized carbons (Fsp3) is 0.0417. The van der Waals surface area contributed by atoms with Crippen molar-refractivity contribution in [3.8, 4) is 11.3 Å². The molecule has 0 saturated carbocycles. The van der Waals surface area contributed by atoms with Crippen LogP contribution in [-0.4, -0.2) is 22.0 Å². The summed E-state index contributed by atoms with van der Waals surface area (Å²) in [6, 6.07) is 23.1. The van der Waals surface area contributed by atoms with Gasteiger partial charge in [-0.3, -0.25) is 14.9 Å². The van der Waals surface area contributed by atoms with Crippen LogP contribution in [0.3, 0.4) is 0 Å². The number of nitro benzene ring substituents is 1. The number of non-ortho nitro benzene ring substituents is 1. The summed E-state index contributed by atoms with van der Waals surface area (Å²) >= 11 is 0. The Balaban J connectivity index is 1.64. The highest BCUT2D eigenvalue weighted by atomic mass is 16.6. The molecular formula is C24H18N4O3. The maximum atomic E-state index is 12.9. The third-order valence-electron chi connectivity index (χ3n) is 4.76. The van der Waals surface area contributed by atoms with Gasteiger partial charge in [0.1, 0.15) is 0 Å². The number of amides is 1. The van der Waals surface area contributed by atoms with E-state index in [1.807, 2.05) is 55.5 Å². The van der Waals surface area contributed by atoms with E-state index in [0.29, 0.717) is 16.8 Å². The first-order valence-corrected chi connectivity index (χ1v) is 9.56. The lowest BCUT2D eigenvalue weighted by Crippen LogP contribution is -2.18. The zero-order valence-corrected chi connectivity index (χ0v) is 16.6. The van der Waals surface area contributed by atoms with Gasteiger partial charge in [-0.2, -0.15) is 5.10 Å². The van der Waals surface area contributed by atoms with Crippen LogP contribution in [0.15, 0.2) is 84.0 Å². The fourth-order valence-electron chi connectivity index (χ4n) is 3.19. The van der Waals surface area contributed by atoms with Crippen LogP contribution < -0.4 is 5.43 Å². The molecule has 0 bridgehead atoms. The second kappa shape index (κ2) is 8.54. The minimum absolute atomic E-state index is 0.00625. The second-order valence-electron chi connectivity index (χ2n) is 6.99.